The van der Waals surface area contributed by atoms with Crippen molar-refractivity contribution in [3.8, 4) is 5.75 Å². The molecule has 0 heterocycles. The molecule has 0 aliphatic heterocycles. The maximum atomic E-state index is 6.15. The molecule has 1 aromatic rings. The van der Waals surface area contributed by atoms with Gasteiger partial charge in [-0.3, -0.25) is 0 Å². The van der Waals surface area contributed by atoms with Gasteiger partial charge < -0.3 is 10.5 Å². The van der Waals surface area contributed by atoms with Gasteiger partial charge in [-0.15, -0.1) is 0 Å². The SMILES string of the molecule is CC(C)(COc1ccccc1)CC1(N)CC1. The van der Waals surface area contributed by atoms with Crippen LogP contribution < -0.4 is 10.5 Å². The van der Waals surface area contributed by atoms with Gasteiger partial charge in [0, 0.05) is 11.0 Å². The van der Waals surface area contributed by atoms with Crippen LogP contribution in [0.2, 0.25) is 0 Å². The molecule has 1 aliphatic rings. The van der Waals surface area contributed by atoms with Crippen LogP contribution in [-0.4, -0.2) is 12.1 Å². The van der Waals surface area contributed by atoms with E-state index in [9.17, 15) is 0 Å². The molecule has 16 heavy (non-hydrogen) atoms. The van der Waals surface area contributed by atoms with Crippen molar-refractivity contribution in [3.63, 3.8) is 0 Å². The van der Waals surface area contributed by atoms with E-state index in [1.807, 2.05) is 30.3 Å². The zero-order valence-corrected chi connectivity index (χ0v) is 10.2. The van der Waals surface area contributed by atoms with Gasteiger partial charge in [0.2, 0.25) is 0 Å². The molecule has 2 nitrogen and oxygen atoms in total. The van der Waals surface area contributed by atoms with E-state index in [-0.39, 0.29) is 11.0 Å². The Morgan fingerprint density at radius 1 is 1.25 bits per heavy atom. The Morgan fingerprint density at radius 3 is 2.44 bits per heavy atom. The molecular formula is C14H21NO. The molecule has 0 atom stereocenters. The van der Waals surface area contributed by atoms with Gasteiger partial charge in [-0.1, -0.05) is 32.0 Å². The molecule has 2 N–H and O–H groups in total. The van der Waals surface area contributed by atoms with Gasteiger partial charge in [-0.2, -0.15) is 0 Å². The summed E-state index contributed by atoms with van der Waals surface area (Å²) in [6.07, 6.45) is 3.39. The Labute approximate surface area is 97.8 Å². The first-order valence-electron chi connectivity index (χ1n) is 5.96. The molecule has 0 unspecified atom stereocenters. The smallest absolute Gasteiger partial charge is 0.119 e. The molecule has 88 valence electrons. The van der Waals surface area contributed by atoms with Gasteiger partial charge in [0.1, 0.15) is 5.75 Å². The Morgan fingerprint density at radius 2 is 1.88 bits per heavy atom. The second-order valence-electron chi connectivity index (χ2n) is 5.81. The number of hydrogen-bond donors (Lipinski definition) is 1. The van der Waals surface area contributed by atoms with E-state index >= 15 is 0 Å². The Hall–Kier alpha value is -1.02. The highest BCUT2D eigenvalue weighted by molar-refractivity contribution is 5.21. The molecule has 1 saturated carbocycles. The van der Waals surface area contributed by atoms with Crippen LogP contribution in [0.1, 0.15) is 33.1 Å². The van der Waals surface area contributed by atoms with Gasteiger partial charge in [0.25, 0.3) is 0 Å². The molecule has 0 spiro atoms. The summed E-state index contributed by atoms with van der Waals surface area (Å²) in [7, 11) is 0. The first-order chi connectivity index (χ1) is 7.49. The van der Waals surface area contributed by atoms with Crippen molar-refractivity contribution in [2.24, 2.45) is 11.1 Å². The average molecular weight is 219 g/mol. The molecule has 0 radical (unpaired) electrons. The molecular weight excluding hydrogens is 198 g/mol. The minimum absolute atomic E-state index is 0.101. The van der Waals surface area contributed by atoms with Crippen LogP contribution in [0.15, 0.2) is 30.3 Å². The highest BCUT2D eigenvalue weighted by atomic mass is 16.5. The monoisotopic (exact) mass is 219 g/mol. The third kappa shape index (κ3) is 3.24. The Balaban J connectivity index is 1.84. The first-order valence-corrected chi connectivity index (χ1v) is 5.96. The molecule has 0 amide bonds. The van der Waals surface area contributed by atoms with Crippen LogP contribution in [0.4, 0.5) is 0 Å². The predicted octanol–water partition coefficient (Wildman–Crippen LogP) is 2.97. The number of para-hydroxylation sites is 1. The fourth-order valence-corrected chi connectivity index (χ4v) is 2.14. The lowest BCUT2D eigenvalue weighted by molar-refractivity contribution is 0.157. The molecule has 0 saturated heterocycles. The lowest BCUT2D eigenvalue weighted by Gasteiger charge is -2.27. The molecule has 0 aromatic heterocycles. The highest BCUT2D eigenvalue weighted by Gasteiger charge is 2.42. The van der Waals surface area contributed by atoms with Crippen LogP contribution in [0.5, 0.6) is 5.75 Å². The first kappa shape index (κ1) is 11.5. The van der Waals surface area contributed by atoms with E-state index in [4.69, 9.17) is 10.5 Å². The maximum absolute atomic E-state index is 6.15. The van der Waals surface area contributed by atoms with Crippen molar-refractivity contribution < 1.29 is 4.74 Å². The number of ether oxygens (including phenoxy) is 1. The molecule has 1 aliphatic carbocycles. The van der Waals surface area contributed by atoms with Gasteiger partial charge in [-0.05, 0) is 31.4 Å². The van der Waals surface area contributed by atoms with Crippen LogP contribution >= 0.6 is 0 Å². The minimum Gasteiger partial charge on any atom is -0.493 e. The van der Waals surface area contributed by atoms with E-state index in [0.29, 0.717) is 0 Å². The topological polar surface area (TPSA) is 35.2 Å². The zero-order valence-electron chi connectivity index (χ0n) is 10.2. The molecule has 0 bridgehead atoms. The number of rotatable bonds is 5. The van der Waals surface area contributed by atoms with Crippen molar-refractivity contribution in [2.75, 3.05) is 6.61 Å². The Bertz CT molecular complexity index is 341. The summed E-state index contributed by atoms with van der Waals surface area (Å²) in [6.45, 7) is 5.18. The van der Waals surface area contributed by atoms with Crippen molar-refractivity contribution in [2.45, 2.75) is 38.6 Å². The number of benzene rings is 1. The predicted molar refractivity (Wildman–Crippen MR) is 66.5 cm³/mol. The quantitative estimate of drug-likeness (QED) is 0.826. The Kier molecular flexibility index (Phi) is 2.94. The van der Waals surface area contributed by atoms with Gasteiger partial charge in [0.15, 0.2) is 0 Å². The molecule has 1 fully saturated rings. The summed E-state index contributed by atoms with van der Waals surface area (Å²) in [4.78, 5) is 0. The standard InChI is InChI=1S/C14H21NO/c1-13(2,10-14(15)8-9-14)11-16-12-6-4-3-5-7-12/h3-7H,8-11,15H2,1-2H3. The van der Waals surface area contributed by atoms with Crippen LogP contribution in [0.25, 0.3) is 0 Å². The zero-order chi connectivity index (χ0) is 11.6. The van der Waals surface area contributed by atoms with Gasteiger partial charge in [0.05, 0.1) is 6.61 Å². The number of nitrogens with two attached hydrogens (primary N) is 1. The second kappa shape index (κ2) is 4.10. The lowest BCUT2D eigenvalue weighted by Crippen LogP contribution is -2.33. The minimum atomic E-state index is 0.101. The summed E-state index contributed by atoms with van der Waals surface area (Å²) >= 11 is 0. The normalized spacial score (nSPS) is 18.2. The molecule has 1 aromatic carbocycles. The summed E-state index contributed by atoms with van der Waals surface area (Å²) in [5.41, 5.74) is 6.40. The third-order valence-electron chi connectivity index (χ3n) is 3.10. The van der Waals surface area contributed by atoms with Crippen LogP contribution in [0.3, 0.4) is 0 Å². The van der Waals surface area contributed by atoms with Crippen molar-refractivity contribution in [1.29, 1.82) is 0 Å². The summed E-state index contributed by atoms with van der Waals surface area (Å²) in [6, 6.07) is 9.97. The summed E-state index contributed by atoms with van der Waals surface area (Å²) in [5, 5.41) is 0. The largest absolute Gasteiger partial charge is 0.493 e. The van der Waals surface area contributed by atoms with Gasteiger partial charge >= 0.3 is 0 Å². The van der Waals surface area contributed by atoms with E-state index in [1.54, 1.807) is 0 Å². The van der Waals surface area contributed by atoms with E-state index in [1.165, 1.54) is 12.8 Å². The third-order valence-corrected chi connectivity index (χ3v) is 3.10. The summed E-state index contributed by atoms with van der Waals surface area (Å²) < 4.78 is 5.79. The van der Waals surface area contributed by atoms with E-state index < -0.39 is 0 Å². The second-order valence-corrected chi connectivity index (χ2v) is 5.81. The van der Waals surface area contributed by atoms with Crippen LogP contribution in [0, 0.1) is 5.41 Å². The summed E-state index contributed by atoms with van der Waals surface area (Å²) in [5.74, 6) is 0.942. The van der Waals surface area contributed by atoms with E-state index in [2.05, 4.69) is 13.8 Å². The van der Waals surface area contributed by atoms with Crippen LogP contribution in [-0.2, 0) is 0 Å². The maximum Gasteiger partial charge on any atom is 0.119 e. The fourth-order valence-electron chi connectivity index (χ4n) is 2.14. The van der Waals surface area contributed by atoms with E-state index in [0.717, 1.165) is 18.8 Å². The molecule has 2 rings (SSSR count). The highest BCUT2D eigenvalue weighted by Crippen LogP contribution is 2.42. The van der Waals surface area contributed by atoms with Gasteiger partial charge in [-0.25, -0.2) is 0 Å². The fraction of sp³-hybridized carbons (Fsp3) is 0.571. The number of hydrogen-bond acceptors (Lipinski definition) is 2. The average Bonchev–Trinajstić information content (AvgIpc) is 2.94. The lowest BCUT2D eigenvalue weighted by atomic mass is 9.85. The van der Waals surface area contributed by atoms with Crippen molar-refractivity contribution in [1.82, 2.24) is 0 Å². The van der Waals surface area contributed by atoms with Crippen molar-refractivity contribution >= 4 is 0 Å². The molecule has 2 heteroatoms. The van der Waals surface area contributed by atoms with Crippen molar-refractivity contribution in [3.05, 3.63) is 30.3 Å².